The van der Waals surface area contributed by atoms with Gasteiger partial charge in [-0.1, -0.05) is 29.8 Å². The molecule has 4 aromatic rings. The molecule has 4 rings (SSSR count). The maximum Gasteiger partial charge on any atom is 0.258 e. The van der Waals surface area contributed by atoms with E-state index in [0.29, 0.717) is 15.7 Å². The van der Waals surface area contributed by atoms with E-state index in [1.54, 1.807) is 23.9 Å². The average molecular weight is 414 g/mol. The van der Waals surface area contributed by atoms with Crippen LogP contribution in [0.15, 0.2) is 52.7 Å². The van der Waals surface area contributed by atoms with Crippen LogP contribution in [0.1, 0.15) is 16.1 Å². The smallest absolute Gasteiger partial charge is 0.258 e. The molecule has 0 aliphatic heterocycles. The maximum absolute atomic E-state index is 12.6. The summed E-state index contributed by atoms with van der Waals surface area (Å²) < 4.78 is 0. The summed E-state index contributed by atoms with van der Waals surface area (Å²) in [6.07, 6.45) is 1.96. The molecule has 2 heterocycles. The Morgan fingerprint density at radius 2 is 2.07 bits per heavy atom. The molecule has 27 heavy (non-hydrogen) atoms. The Morgan fingerprint density at radius 1 is 1.26 bits per heavy atom. The molecule has 0 aliphatic carbocycles. The number of rotatable bonds is 4. The SMILES string of the molecule is CSc1ccc(Cl)c(C(=O)Nc2nc(-c3c(C)[nH]c4ccccc34)cs2)c1. The van der Waals surface area contributed by atoms with Crippen molar-refractivity contribution < 1.29 is 4.79 Å². The van der Waals surface area contributed by atoms with Crippen LogP contribution in [0.4, 0.5) is 5.13 Å². The normalized spacial score (nSPS) is 11.1. The second kappa shape index (κ2) is 7.38. The first-order valence-corrected chi connectivity index (χ1v) is 10.7. The number of thiazole rings is 1. The van der Waals surface area contributed by atoms with Crippen LogP contribution < -0.4 is 5.32 Å². The van der Waals surface area contributed by atoms with Gasteiger partial charge in [0.05, 0.1) is 16.3 Å². The second-order valence-corrected chi connectivity index (χ2v) is 8.15. The fourth-order valence-corrected chi connectivity index (χ4v) is 4.36. The number of hydrogen-bond donors (Lipinski definition) is 2. The summed E-state index contributed by atoms with van der Waals surface area (Å²) in [4.78, 5) is 21.6. The maximum atomic E-state index is 12.6. The predicted molar refractivity (Wildman–Crippen MR) is 115 cm³/mol. The van der Waals surface area contributed by atoms with Crippen LogP contribution in [0.25, 0.3) is 22.2 Å². The first-order valence-electron chi connectivity index (χ1n) is 8.25. The number of anilines is 1. The zero-order valence-electron chi connectivity index (χ0n) is 14.7. The van der Waals surface area contributed by atoms with Crippen molar-refractivity contribution in [3.63, 3.8) is 0 Å². The summed E-state index contributed by atoms with van der Waals surface area (Å²) >= 11 is 9.16. The summed E-state index contributed by atoms with van der Waals surface area (Å²) in [6, 6.07) is 13.5. The number of para-hydroxylation sites is 1. The van der Waals surface area contributed by atoms with Crippen LogP contribution in [-0.2, 0) is 0 Å². The van der Waals surface area contributed by atoms with Crippen LogP contribution in [0.3, 0.4) is 0 Å². The standard InChI is InChI=1S/C20H16ClN3OS2/c1-11-18(13-5-3-4-6-16(13)22-11)17-10-27-20(23-17)24-19(25)14-9-12(26-2)7-8-15(14)21/h3-10,22H,1-2H3,(H,23,24,25). The van der Waals surface area contributed by atoms with Crippen LogP contribution in [-0.4, -0.2) is 22.1 Å². The molecule has 0 unspecified atom stereocenters. The van der Waals surface area contributed by atoms with Crippen LogP contribution >= 0.6 is 34.7 Å². The van der Waals surface area contributed by atoms with Gasteiger partial charge in [-0.2, -0.15) is 0 Å². The fourth-order valence-electron chi connectivity index (χ4n) is 3.02. The van der Waals surface area contributed by atoms with Gasteiger partial charge in [0, 0.05) is 32.4 Å². The number of amides is 1. The van der Waals surface area contributed by atoms with E-state index >= 15 is 0 Å². The molecule has 0 spiro atoms. The number of H-pyrrole nitrogens is 1. The number of aromatic amines is 1. The fraction of sp³-hybridized carbons (Fsp3) is 0.100. The molecule has 0 saturated carbocycles. The number of carbonyl (C=O) groups is 1. The molecule has 2 aromatic carbocycles. The van der Waals surface area contributed by atoms with E-state index in [1.807, 2.05) is 42.8 Å². The third-order valence-corrected chi connectivity index (χ3v) is 6.11. The lowest BCUT2D eigenvalue weighted by Gasteiger charge is -2.06. The quantitative estimate of drug-likeness (QED) is 0.390. The topological polar surface area (TPSA) is 57.8 Å². The number of aromatic nitrogens is 2. The van der Waals surface area contributed by atoms with E-state index in [-0.39, 0.29) is 5.91 Å². The number of thioether (sulfide) groups is 1. The third kappa shape index (κ3) is 3.48. The Morgan fingerprint density at radius 3 is 2.89 bits per heavy atom. The predicted octanol–water partition coefficient (Wildman–Crippen LogP) is 6.23. The number of carbonyl (C=O) groups excluding carboxylic acids is 1. The molecule has 7 heteroatoms. The van der Waals surface area contributed by atoms with Gasteiger partial charge >= 0.3 is 0 Å². The number of halogens is 1. The average Bonchev–Trinajstić information content (AvgIpc) is 3.24. The number of hydrogen-bond acceptors (Lipinski definition) is 4. The van der Waals surface area contributed by atoms with Gasteiger partial charge in [0.1, 0.15) is 0 Å². The van der Waals surface area contributed by atoms with Gasteiger partial charge in [-0.15, -0.1) is 23.1 Å². The van der Waals surface area contributed by atoms with Gasteiger partial charge < -0.3 is 4.98 Å². The van der Waals surface area contributed by atoms with Crippen LogP contribution in [0.2, 0.25) is 5.02 Å². The molecule has 0 fully saturated rings. The molecular formula is C20H16ClN3OS2. The molecule has 4 nitrogen and oxygen atoms in total. The summed E-state index contributed by atoms with van der Waals surface area (Å²) in [5.74, 6) is -0.257. The van der Waals surface area contributed by atoms with Crippen LogP contribution in [0, 0.1) is 6.92 Å². The van der Waals surface area contributed by atoms with Gasteiger partial charge in [0.2, 0.25) is 0 Å². The minimum absolute atomic E-state index is 0.257. The van der Waals surface area contributed by atoms with Crippen molar-refractivity contribution >= 4 is 56.6 Å². The lowest BCUT2D eigenvalue weighted by molar-refractivity contribution is 0.102. The van der Waals surface area contributed by atoms with Crippen molar-refractivity contribution in [2.24, 2.45) is 0 Å². The van der Waals surface area contributed by atoms with Crippen molar-refractivity contribution in [3.05, 3.63) is 64.1 Å². The van der Waals surface area contributed by atoms with Crippen molar-refractivity contribution in [1.29, 1.82) is 0 Å². The zero-order valence-corrected chi connectivity index (χ0v) is 17.1. The Labute approximate surface area is 170 Å². The number of fused-ring (bicyclic) bond motifs is 1. The lowest BCUT2D eigenvalue weighted by atomic mass is 10.1. The molecule has 0 radical (unpaired) electrons. The Kier molecular flexibility index (Phi) is 4.95. The Balaban J connectivity index is 1.63. The summed E-state index contributed by atoms with van der Waals surface area (Å²) in [7, 11) is 0. The van der Waals surface area contributed by atoms with Crippen molar-refractivity contribution in [2.75, 3.05) is 11.6 Å². The van der Waals surface area contributed by atoms with E-state index in [1.165, 1.54) is 11.3 Å². The first kappa shape index (κ1) is 18.1. The monoisotopic (exact) mass is 413 g/mol. The number of nitrogens with one attached hydrogen (secondary N) is 2. The molecule has 0 bridgehead atoms. The molecule has 136 valence electrons. The summed E-state index contributed by atoms with van der Waals surface area (Å²) in [5.41, 5.74) is 4.47. The number of benzene rings is 2. The van der Waals surface area contributed by atoms with Gasteiger partial charge in [0.15, 0.2) is 5.13 Å². The summed E-state index contributed by atoms with van der Waals surface area (Å²) in [6.45, 7) is 2.03. The van der Waals surface area contributed by atoms with Gasteiger partial charge in [0.25, 0.3) is 5.91 Å². The highest BCUT2D eigenvalue weighted by Crippen LogP contribution is 2.34. The van der Waals surface area contributed by atoms with E-state index in [9.17, 15) is 4.79 Å². The zero-order chi connectivity index (χ0) is 19.0. The minimum atomic E-state index is -0.257. The molecule has 2 aromatic heterocycles. The highest BCUT2D eigenvalue weighted by Gasteiger charge is 2.16. The van der Waals surface area contributed by atoms with E-state index in [4.69, 9.17) is 11.6 Å². The molecule has 0 atom stereocenters. The molecule has 2 N–H and O–H groups in total. The Hall–Kier alpha value is -2.28. The Bertz CT molecular complexity index is 1150. The molecule has 0 saturated heterocycles. The highest BCUT2D eigenvalue weighted by molar-refractivity contribution is 7.98. The van der Waals surface area contributed by atoms with Gasteiger partial charge in [-0.3, -0.25) is 10.1 Å². The molecule has 1 amide bonds. The van der Waals surface area contributed by atoms with Crippen molar-refractivity contribution in [2.45, 2.75) is 11.8 Å². The second-order valence-electron chi connectivity index (χ2n) is 6.01. The molecular weight excluding hydrogens is 398 g/mol. The summed E-state index contributed by atoms with van der Waals surface area (Å²) in [5, 5.41) is 6.91. The third-order valence-electron chi connectivity index (χ3n) is 4.29. The van der Waals surface area contributed by atoms with Crippen LogP contribution in [0.5, 0.6) is 0 Å². The largest absolute Gasteiger partial charge is 0.358 e. The van der Waals surface area contributed by atoms with Gasteiger partial charge in [-0.25, -0.2) is 4.98 Å². The van der Waals surface area contributed by atoms with Crippen molar-refractivity contribution in [3.8, 4) is 11.3 Å². The lowest BCUT2D eigenvalue weighted by Crippen LogP contribution is -2.12. The van der Waals surface area contributed by atoms with E-state index in [0.717, 1.165) is 32.7 Å². The minimum Gasteiger partial charge on any atom is -0.358 e. The number of aryl methyl sites for hydroxylation is 1. The highest BCUT2D eigenvalue weighted by atomic mass is 35.5. The number of nitrogens with zero attached hydrogens (tertiary/aromatic N) is 1. The first-order chi connectivity index (χ1) is 13.1. The van der Waals surface area contributed by atoms with Gasteiger partial charge in [-0.05, 0) is 37.4 Å². The molecule has 0 aliphatic rings. The van der Waals surface area contributed by atoms with E-state index in [2.05, 4.69) is 21.4 Å². The van der Waals surface area contributed by atoms with Crippen molar-refractivity contribution in [1.82, 2.24) is 9.97 Å². The van der Waals surface area contributed by atoms with E-state index < -0.39 is 0 Å².